The molecule has 0 aliphatic heterocycles. The van der Waals surface area contributed by atoms with Gasteiger partial charge in [0.05, 0.1) is 12.1 Å². The first-order chi connectivity index (χ1) is 10.2. The zero-order valence-corrected chi connectivity index (χ0v) is 13.3. The van der Waals surface area contributed by atoms with E-state index in [4.69, 9.17) is 21.1 Å². The van der Waals surface area contributed by atoms with Gasteiger partial charge in [0, 0.05) is 6.54 Å². The number of ether oxygens (including phenoxy) is 2. The number of benzene rings is 2. The summed E-state index contributed by atoms with van der Waals surface area (Å²) < 4.78 is 11.3. The lowest BCUT2D eigenvalue weighted by Crippen LogP contribution is -2.06. The largest absolute Gasteiger partial charge is 0.493 e. The lowest BCUT2D eigenvalue weighted by atomic mass is 10.1. The number of hydrogen-bond donors (Lipinski definition) is 1. The number of halogens is 1. The molecule has 0 heterocycles. The third kappa shape index (κ3) is 3.90. The maximum atomic E-state index is 6.32. The number of methoxy groups -OCH3 is 1. The molecule has 0 bridgehead atoms. The lowest BCUT2D eigenvalue weighted by Gasteiger charge is -2.15. The number of rotatable bonds is 6. The van der Waals surface area contributed by atoms with Crippen molar-refractivity contribution < 1.29 is 9.47 Å². The van der Waals surface area contributed by atoms with Gasteiger partial charge in [-0.3, -0.25) is 0 Å². The molecule has 4 heteroatoms. The summed E-state index contributed by atoms with van der Waals surface area (Å²) in [7, 11) is 3.51. The standard InChI is InChI=1S/C17H20ClNO2/c1-12-6-4-5-7-14(12)11-21-17-15(18)8-13(10-19-2)9-16(17)20-3/h4-9,19H,10-11H2,1-3H3. The molecule has 0 aliphatic rings. The molecular formula is C17H20ClNO2. The van der Waals surface area contributed by atoms with Gasteiger partial charge in [0.25, 0.3) is 0 Å². The Balaban J connectivity index is 2.21. The highest BCUT2D eigenvalue weighted by Gasteiger charge is 2.12. The van der Waals surface area contributed by atoms with Crippen LogP contribution in [0.3, 0.4) is 0 Å². The average Bonchev–Trinajstić information content (AvgIpc) is 2.47. The predicted molar refractivity (Wildman–Crippen MR) is 86.3 cm³/mol. The monoisotopic (exact) mass is 305 g/mol. The maximum Gasteiger partial charge on any atom is 0.180 e. The van der Waals surface area contributed by atoms with E-state index >= 15 is 0 Å². The van der Waals surface area contributed by atoms with Crippen LogP contribution in [-0.4, -0.2) is 14.2 Å². The molecule has 2 aromatic carbocycles. The van der Waals surface area contributed by atoms with Gasteiger partial charge in [-0.1, -0.05) is 35.9 Å². The molecule has 0 fully saturated rings. The van der Waals surface area contributed by atoms with Crippen LogP contribution in [0.5, 0.6) is 11.5 Å². The topological polar surface area (TPSA) is 30.5 Å². The van der Waals surface area contributed by atoms with Crippen LogP contribution in [0.1, 0.15) is 16.7 Å². The summed E-state index contributed by atoms with van der Waals surface area (Å²) >= 11 is 6.32. The number of nitrogens with one attached hydrogen (secondary N) is 1. The van der Waals surface area contributed by atoms with E-state index in [2.05, 4.69) is 18.3 Å². The first kappa shape index (κ1) is 15.7. The Morgan fingerprint density at radius 1 is 1.19 bits per heavy atom. The Morgan fingerprint density at radius 3 is 2.62 bits per heavy atom. The van der Waals surface area contributed by atoms with Crippen molar-refractivity contribution in [2.24, 2.45) is 0 Å². The molecule has 0 amide bonds. The van der Waals surface area contributed by atoms with Gasteiger partial charge in [0.2, 0.25) is 0 Å². The average molecular weight is 306 g/mol. The smallest absolute Gasteiger partial charge is 0.180 e. The molecule has 2 rings (SSSR count). The highest BCUT2D eigenvalue weighted by Crippen LogP contribution is 2.37. The van der Waals surface area contributed by atoms with E-state index in [9.17, 15) is 0 Å². The Hall–Kier alpha value is -1.71. The van der Waals surface area contributed by atoms with Gasteiger partial charge in [-0.15, -0.1) is 0 Å². The van der Waals surface area contributed by atoms with Gasteiger partial charge >= 0.3 is 0 Å². The molecule has 0 saturated carbocycles. The first-order valence-corrected chi connectivity index (χ1v) is 7.21. The molecular weight excluding hydrogens is 286 g/mol. The van der Waals surface area contributed by atoms with E-state index in [0.29, 0.717) is 23.1 Å². The predicted octanol–water partition coefficient (Wildman–Crippen LogP) is 3.96. The minimum Gasteiger partial charge on any atom is -0.493 e. The van der Waals surface area contributed by atoms with Crippen LogP contribution in [0.25, 0.3) is 0 Å². The molecule has 0 aromatic heterocycles. The van der Waals surface area contributed by atoms with Crippen molar-refractivity contribution in [2.45, 2.75) is 20.1 Å². The summed E-state index contributed by atoms with van der Waals surface area (Å²) in [6, 6.07) is 12.0. The molecule has 0 aliphatic carbocycles. The Kier molecular flexibility index (Phi) is 5.48. The number of hydrogen-bond acceptors (Lipinski definition) is 3. The molecule has 1 N–H and O–H groups in total. The van der Waals surface area contributed by atoms with Gasteiger partial charge in [-0.25, -0.2) is 0 Å². The summed E-state index contributed by atoms with van der Waals surface area (Å²) in [4.78, 5) is 0. The van der Waals surface area contributed by atoms with E-state index in [-0.39, 0.29) is 0 Å². The van der Waals surface area contributed by atoms with E-state index in [0.717, 1.165) is 17.7 Å². The van der Waals surface area contributed by atoms with E-state index in [1.807, 2.05) is 37.4 Å². The van der Waals surface area contributed by atoms with Gasteiger partial charge in [0.15, 0.2) is 11.5 Å². The molecule has 3 nitrogen and oxygen atoms in total. The summed E-state index contributed by atoms with van der Waals surface area (Å²) in [6.45, 7) is 3.26. The van der Waals surface area contributed by atoms with Crippen molar-refractivity contribution in [3.63, 3.8) is 0 Å². The van der Waals surface area contributed by atoms with Crippen LogP contribution in [0.15, 0.2) is 36.4 Å². The molecule has 0 radical (unpaired) electrons. The highest BCUT2D eigenvalue weighted by molar-refractivity contribution is 6.32. The molecule has 21 heavy (non-hydrogen) atoms. The van der Waals surface area contributed by atoms with Crippen molar-refractivity contribution >= 4 is 11.6 Å². The molecule has 0 atom stereocenters. The zero-order chi connectivity index (χ0) is 15.2. The molecule has 0 saturated heterocycles. The van der Waals surface area contributed by atoms with Crippen molar-refractivity contribution in [1.29, 1.82) is 0 Å². The fraction of sp³-hybridized carbons (Fsp3) is 0.294. The summed E-state index contributed by atoms with van der Waals surface area (Å²) in [5, 5.41) is 3.66. The van der Waals surface area contributed by atoms with Crippen LogP contribution in [0.2, 0.25) is 5.02 Å². The molecule has 112 valence electrons. The Labute approximate surface area is 130 Å². The van der Waals surface area contributed by atoms with Gasteiger partial charge in [-0.2, -0.15) is 0 Å². The minimum absolute atomic E-state index is 0.466. The minimum atomic E-state index is 0.466. The van der Waals surface area contributed by atoms with E-state index in [1.54, 1.807) is 7.11 Å². The van der Waals surface area contributed by atoms with Gasteiger partial charge < -0.3 is 14.8 Å². The lowest BCUT2D eigenvalue weighted by molar-refractivity contribution is 0.284. The second-order valence-corrected chi connectivity index (χ2v) is 5.26. The van der Waals surface area contributed by atoms with Crippen molar-refractivity contribution in [3.05, 3.63) is 58.1 Å². The fourth-order valence-electron chi connectivity index (χ4n) is 2.14. The maximum absolute atomic E-state index is 6.32. The van der Waals surface area contributed by atoms with Crippen LogP contribution in [0, 0.1) is 6.92 Å². The number of aryl methyl sites for hydroxylation is 1. The van der Waals surface area contributed by atoms with E-state index in [1.165, 1.54) is 5.56 Å². The van der Waals surface area contributed by atoms with Crippen molar-refractivity contribution in [2.75, 3.05) is 14.2 Å². The highest BCUT2D eigenvalue weighted by atomic mass is 35.5. The summed E-state index contributed by atoms with van der Waals surface area (Å²) in [5.74, 6) is 1.24. The summed E-state index contributed by atoms with van der Waals surface area (Å²) in [5.41, 5.74) is 3.39. The molecule has 0 spiro atoms. The van der Waals surface area contributed by atoms with Crippen LogP contribution >= 0.6 is 11.6 Å². The van der Waals surface area contributed by atoms with Gasteiger partial charge in [0.1, 0.15) is 6.61 Å². The summed E-state index contributed by atoms with van der Waals surface area (Å²) in [6.07, 6.45) is 0. The fourth-order valence-corrected chi connectivity index (χ4v) is 2.43. The van der Waals surface area contributed by atoms with Crippen molar-refractivity contribution in [1.82, 2.24) is 5.32 Å². The third-order valence-corrected chi connectivity index (χ3v) is 3.58. The zero-order valence-electron chi connectivity index (χ0n) is 12.6. The quantitative estimate of drug-likeness (QED) is 0.876. The SMILES string of the molecule is CNCc1cc(Cl)c(OCc2ccccc2C)c(OC)c1. The van der Waals surface area contributed by atoms with Crippen LogP contribution in [-0.2, 0) is 13.2 Å². The first-order valence-electron chi connectivity index (χ1n) is 6.84. The van der Waals surface area contributed by atoms with Gasteiger partial charge in [-0.05, 0) is 42.8 Å². The van der Waals surface area contributed by atoms with E-state index < -0.39 is 0 Å². The Morgan fingerprint density at radius 2 is 1.95 bits per heavy atom. The Bertz CT molecular complexity index is 614. The third-order valence-electron chi connectivity index (χ3n) is 3.30. The van der Waals surface area contributed by atoms with Crippen LogP contribution in [0.4, 0.5) is 0 Å². The molecule has 0 unspecified atom stereocenters. The van der Waals surface area contributed by atoms with Crippen molar-refractivity contribution in [3.8, 4) is 11.5 Å². The normalized spacial score (nSPS) is 10.5. The second-order valence-electron chi connectivity index (χ2n) is 4.85. The van der Waals surface area contributed by atoms with Crippen LogP contribution < -0.4 is 14.8 Å². The second kappa shape index (κ2) is 7.34. The molecule has 2 aromatic rings.